The van der Waals surface area contributed by atoms with E-state index >= 15 is 0 Å². The molecular formula is C26H27N3O4. The third-order valence-corrected chi connectivity index (χ3v) is 5.36. The lowest BCUT2D eigenvalue weighted by Gasteiger charge is -2.19. The van der Waals surface area contributed by atoms with E-state index in [1.807, 2.05) is 66.2 Å². The van der Waals surface area contributed by atoms with Gasteiger partial charge >= 0.3 is 0 Å². The molecule has 170 valence electrons. The fourth-order valence-electron chi connectivity index (χ4n) is 3.63. The standard InChI is InChI=1S/C26H27N3O4/c1-18-8-11-25-27-21(16-29(25)14-18)17-33-23-7-5-6-19(12-23)26(30)28(2)15-20-9-10-22(31-3)13-24(20)32-4/h5-14,16H,15,17H2,1-4H3. The van der Waals surface area contributed by atoms with Crippen LogP contribution in [0.25, 0.3) is 5.65 Å². The van der Waals surface area contributed by atoms with Crippen molar-refractivity contribution in [2.24, 2.45) is 0 Å². The molecule has 2 heterocycles. The molecule has 4 rings (SSSR count). The summed E-state index contributed by atoms with van der Waals surface area (Å²) in [5.41, 5.74) is 4.30. The van der Waals surface area contributed by atoms with E-state index in [1.54, 1.807) is 38.3 Å². The van der Waals surface area contributed by atoms with E-state index in [4.69, 9.17) is 14.2 Å². The second-order valence-corrected chi connectivity index (χ2v) is 7.86. The van der Waals surface area contributed by atoms with E-state index in [-0.39, 0.29) is 5.91 Å². The monoisotopic (exact) mass is 445 g/mol. The normalized spacial score (nSPS) is 10.8. The van der Waals surface area contributed by atoms with Gasteiger partial charge < -0.3 is 23.5 Å². The van der Waals surface area contributed by atoms with E-state index in [0.29, 0.717) is 36.0 Å². The van der Waals surface area contributed by atoms with Crippen LogP contribution < -0.4 is 14.2 Å². The molecule has 0 bridgehead atoms. The number of methoxy groups -OCH3 is 2. The van der Waals surface area contributed by atoms with Crippen LogP contribution in [-0.2, 0) is 13.2 Å². The Bertz CT molecular complexity index is 1280. The van der Waals surface area contributed by atoms with Crippen molar-refractivity contribution >= 4 is 11.6 Å². The molecule has 0 aliphatic carbocycles. The highest BCUT2D eigenvalue weighted by Gasteiger charge is 2.15. The topological polar surface area (TPSA) is 65.3 Å². The first-order valence-corrected chi connectivity index (χ1v) is 10.6. The molecule has 0 saturated heterocycles. The summed E-state index contributed by atoms with van der Waals surface area (Å²) in [5.74, 6) is 1.88. The summed E-state index contributed by atoms with van der Waals surface area (Å²) in [6.45, 7) is 2.76. The van der Waals surface area contributed by atoms with Gasteiger partial charge in [0.1, 0.15) is 29.5 Å². The Morgan fingerprint density at radius 2 is 1.85 bits per heavy atom. The lowest BCUT2D eigenvalue weighted by Crippen LogP contribution is -2.26. The lowest BCUT2D eigenvalue weighted by atomic mass is 10.1. The number of hydrogen-bond acceptors (Lipinski definition) is 5. The van der Waals surface area contributed by atoms with E-state index in [1.165, 1.54) is 0 Å². The molecule has 7 heteroatoms. The third kappa shape index (κ3) is 5.09. The first kappa shape index (κ1) is 22.2. The maximum atomic E-state index is 13.0. The number of imidazole rings is 1. The van der Waals surface area contributed by atoms with Gasteiger partial charge in [0.2, 0.25) is 0 Å². The Kier molecular flexibility index (Phi) is 6.49. The minimum absolute atomic E-state index is 0.110. The fourth-order valence-corrected chi connectivity index (χ4v) is 3.63. The summed E-state index contributed by atoms with van der Waals surface area (Å²) in [6.07, 6.45) is 3.98. The van der Waals surface area contributed by atoms with Crippen LogP contribution in [-0.4, -0.2) is 41.5 Å². The maximum absolute atomic E-state index is 13.0. The van der Waals surface area contributed by atoms with Gasteiger partial charge in [-0.25, -0.2) is 4.98 Å². The molecule has 1 amide bonds. The largest absolute Gasteiger partial charge is 0.497 e. The van der Waals surface area contributed by atoms with Crippen molar-refractivity contribution < 1.29 is 19.0 Å². The number of ether oxygens (including phenoxy) is 3. The summed E-state index contributed by atoms with van der Waals surface area (Å²) >= 11 is 0. The Labute approximate surface area is 193 Å². The van der Waals surface area contributed by atoms with E-state index < -0.39 is 0 Å². The van der Waals surface area contributed by atoms with E-state index in [0.717, 1.165) is 22.5 Å². The Morgan fingerprint density at radius 1 is 1.00 bits per heavy atom. The predicted octanol–water partition coefficient (Wildman–Crippen LogP) is 4.51. The number of nitrogens with zero attached hydrogens (tertiary/aromatic N) is 3. The second-order valence-electron chi connectivity index (χ2n) is 7.86. The zero-order chi connectivity index (χ0) is 23.4. The predicted molar refractivity (Wildman–Crippen MR) is 126 cm³/mol. The maximum Gasteiger partial charge on any atom is 0.254 e. The van der Waals surface area contributed by atoms with Gasteiger partial charge in [-0.15, -0.1) is 0 Å². The number of rotatable bonds is 8. The molecule has 2 aromatic heterocycles. The number of fused-ring (bicyclic) bond motifs is 1. The Morgan fingerprint density at radius 3 is 2.64 bits per heavy atom. The Balaban J connectivity index is 1.43. The Hall–Kier alpha value is -4.00. The van der Waals surface area contributed by atoms with Gasteiger partial charge in [0, 0.05) is 43.2 Å². The van der Waals surface area contributed by atoms with Crippen molar-refractivity contribution in [1.29, 1.82) is 0 Å². The zero-order valence-electron chi connectivity index (χ0n) is 19.2. The van der Waals surface area contributed by atoms with Crippen LogP contribution in [0.15, 0.2) is 67.0 Å². The summed E-state index contributed by atoms with van der Waals surface area (Å²) in [4.78, 5) is 19.3. The first-order chi connectivity index (χ1) is 16.0. The van der Waals surface area contributed by atoms with Crippen molar-refractivity contribution in [3.63, 3.8) is 0 Å². The molecule has 0 spiro atoms. The molecule has 0 aliphatic rings. The van der Waals surface area contributed by atoms with Crippen LogP contribution in [0, 0.1) is 6.92 Å². The molecule has 0 fully saturated rings. The van der Waals surface area contributed by atoms with Crippen molar-refractivity contribution in [3.8, 4) is 17.2 Å². The summed E-state index contributed by atoms with van der Waals surface area (Å²) in [6, 6.07) is 16.8. The quantitative estimate of drug-likeness (QED) is 0.399. The van der Waals surface area contributed by atoms with Gasteiger partial charge in [0.15, 0.2) is 0 Å². The van der Waals surface area contributed by atoms with Gasteiger partial charge in [-0.3, -0.25) is 4.79 Å². The molecule has 0 N–H and O–H groups in total. The summed E-state index contributed by atoms with van der Waals surface area (Å²) < 4.78 is 18.6. The molecule has 0 saturated carbocycles. The average Bonchev–Trinajstić information content (AvgIpc) is 3.24. The molecular weight excluding hydrogens is 418 g/mol. The second kappa shape index (κ2) is 9.65. The zero-order valence-corrected chi connectivity index (χ0v) is 19.2. The minimum atomic E-state index is -0.110. The molecule has 0 radical (unpaired) electrons. The number of hydrogen-bond donors (Lipinski definition) is 0. The number of aromatic nitrogens is 2. The highest BCUT2D eigenvalue weighted by atomic mass is 16.5. The van der Waals surface area contributed by atoms with Gasteiger partial charge in [0.05, 0.1) is 19.9 Å². The van der Waals surface area contributed by atoms with Crippen molar-refractivity contribution in [3.05, 3.63) is 89.4 Å². The average molecular weight is 446 g/mol. The number of carbonyl (C=O) groups excluding carboxylic acids is 1. The molecule has 33 heavy (non-hydrogen) atoms. The van der Waals surface area contributed by atoms with Crippen LogP contribution in [0.2, 0.25) is 0 Å². The molecule has 4 aromatic rings. The van der Waals surface area contributed by atoms with E-state index in [2.05, 4.69) is 4.98 Å². The van der Waals surface area contributed by atoms with Crippen molar-refractivity contribution in [2.75, 3.05) is 21.3 Å². The summed E-state index contributed by atoms with van der Waals surface area (Å²) in [5, 5.41) is 0. The number of amides is 1. The molecule has 0 aliphatic heterocycles. The number of carbonyl (C=O) groups is 1. The minimum Gasteiger partial charge on any atom is -0.497 e. The van der Waals surface area contributed by atoms with Gasteiger partial charge in [-0.2, -0.15) is 0 Å². The van der Waals surface area contributed by atoms with Crippen LogP contribution in [0.3, 0.4) is 0 Å². The highest BCUT2D eigenvalue weighted by molar-refractivity contribution is 5.94. The molecule has 7 nitrogen and oxygen atoms in total. The number of pyridine rings is 1. The summed E-state index contributed by atoms with van der Waals surface area (Å²) in [7, 11) is 4.97. The van der Waals surface area contributed by atoms with Crippen molar-refractivity contribution in [1.82, 2.24) is 14.3 Å². The fraction of sp³-hybridized carbons (Fsp3) is 0.231. The van der Waals surface area contributed by atoms with Crippen molar-refractivity contribution in [2.45, 2.75) is 20.1 Å². The number of aryl methyl sites for hydroxylation is 1. The number of benzene rings is 2. The highest BCUT2D eigenvalue weighted by Crippen LogP contribution is 2.26. The molecule has 0 unspecified atom stereocenters. The van der Waals surface area contributed by atoms with Gasteiger partial charge in [-0.05, 0) is 48.9 Å². The lowest BCUT2D eigenvalue weighted by molar-refractivity contribution is 0.0783. The van der Waals surface area contributed by atoms with E-state index in [9.17, 15) is 4.79 Å². The van der Waals surface area contributed by atoms with Gasteiger partial charge in [-0.1, -0.05) is 12.1 Å². The molecule has 2 aromatic carbocycles. The van der Waals surface area contributed by atoms with Crippen LogP contribution in [0.4, 0.5) is 0 Å². The van der Waals surface area contributed by atoms with Crippen LogP contribution in [0.5, 0.6) is 17.2 Å². The smallest absolute Gasteiger partial charge is 0.254 e. The van der Waals surface area contributed by atoms with Crippen LogP contribution >= 0.6 is 0 Å². The third-order valence-electron chi connectivity index (χ3n) is 5.36. The van der Waals surface area contributed by atoms with Crippen LogP contribution in [0.1, 0.15) is 27.2 Å². The first-order valence-electron chi connectivity index (χ1n) is 10.6. The SMILES string of the molecule is COc1ccc(CN(C)C(=O)c2cccc(OCc3cn4cc(C)ccc4n3)c2)c(OC)c1. The molecule has 0 atom stereocenters. The van der Waals surface area contributed by atoms with Gasteiger partial charge in [0.25, 0.3) is 5.91 Å².